The summed E-state index contributed by atoms with van der Waals surface area (Å²) in [5.74, 6) is 1.06. The van der Waals surface area contributed by atoms with E-state index < -0.39 is 0 Å². The summed E-state index contributed by atoms with van der Waals surface area (Å²) >= 11 is 0. The van der Waals surface area contributed by atoms with Crippen LogP contribution in [0.5, 0.6) is 5.75 Å². The number of para-hydroxylation sites is 1. The largest absolute Gasteiger partial charge is 0.496 e. The summed E-state index contributed by atoms with van der Waals surface area (Å²) in [6.45, 7) is 0. The first kappa shape index (κ1) is 21.1. The van der Waals surface area contributed by atoms with Crippen molar-refractivity contribution in [3.05, 3.63) is 84.7 Å². The maximum Gasteiger partial charge on any atom is 0.222 e. The van der Waals surface area contributed by atoms with Gasteiger partial charge in [0.1, 0.15) is 17.4 Å². The van der Waals surface area contributed by atoms with E-state index in [1.54, 1.807) is 31.4 Å². The Balaban J connectivity index is 1.48. The Hall–Kier alpha value is -4.72. The van der Waals surface area contributed by atoms with Crippen molar-refractivity contribution in [2.45, 2.75) is 0 Å². The first-order chi connectivity index (χ1) is 16.5. The predicted molar refractivity (Wildman–Crippen MR) is 133 cm³/mol. The van der Waals surface area contributed by atoms with Gasteiger partial charge in [-0.05, 0) is 60.7 Å². The van der Waals surface area contributed by atoms with E-state index >= 15 is 0 Å². The van der Waals surface area contributed by atoms with Gasteiger partial charge in [-0.25, -0.2) is 14.4 Å². The van der Waals surface area contributed by atoms with E-state index in [0.29, 0.717) is 28.6 Å². The Morgan fingerprint density at radius 3 is 2.41 bits per heavy atom. The lowest BCUT2D eigenvalue weighted by atomic mass is 10.1. The molecule has 3 aromatic carbocycles. The van der Waals surface area contributed by atoms with Crippen LogP contribution >= 0.6 is 0 Å². The van der Waals surface area contributed by atoms with Crippen molar-refractivity contribution in [1.29, 1.82) is 0 Å². The summed E-state index contributed by atoms with van der Waals surface area (Å²) < 4.78 is 18.7. The van der Waals surface area contributed by atoms with E-state index in [2.05, 4.69) is 20.3 Å². The van der Waals surface area contributed by atoms with Crippen LogP contribution in [0.25, 0.3) is 33.4 Å². The van der Waals surface area contributed by atoms with Gasteiger partial charge < -0.3 is 21.5 Å². The molecule has 0 amide bonds. The molecule has 5 rings (SSSR count). The molecule has 7 nitrogen and oxygen atoms in total. The lowest BCUT2D eigenvalue weighted by Gasteiger charge is -2.12. The molecule has 0 atom stereocenters. The third-order valence-electron chi connectivity index (χ3n) is 5.38. The van der Waals surface area contributed by atoms with Crippen LogP contribution in [-0.2, 0) is 0 Å². The number of anilines is 4. The Morgan fingerprint density at radius 1 is 0.824 bits per heavy atom. The zero-order valence-electron chi connectivity index (χ0n) is 18.3. The van der Waals surface area contributed by atoms with E-state index in [-0.39, 0.29) is 11.8 Å². The van der Waals surface area contributed by atoms with E-state index in [4.69, 9.17) is 16.2 Å². The van der Waals surface area contributed by atoms with Crippen LogP contribution in [0.4, 0.5) is 27.5 Å². The second kappa shape index (κ2) is 8.67. The van der Waals surface area contributed by atoms with E-state index in [1.807, 2.05) is 42.5 Å². The molecule has 0 bridgehead atoms. The second-order valence-corrected chi connectivity index (χ2v) is 7.66. The predicted octanol–water partition coefficient (Wildman–Crippen LogP) is 5.41. The SMILES string of the molecule is COc1ccccc1-c1cc(Nc2ccc3nc(-c4ccc(F)cc4)cc(N)c3c2)nc(N)n1. The molecule has 0 saturated heterocycles. The number of pyridine rings is 1. The van der Waals surface area contributed by atoms with Gasteiger partial charge in [0, 0.05) is 34.0 Å². The fourth-order valence-corrected chi connectivity index (χ4v) is 3.77. The molecule has 168 valence electrons. The van der Waals surface area contributed by atoms with Gasteiger partial charge in [-0.15, -0.1) is 0 Å². The third-order valence-corrected chi connectivity index (χ3v) is 5.38. The molecule has 2 aromatic heterocycles. The van der Waals surface area contributed by atoms with Crippen molar-refractivity contribution in [2.24, 2.45) is 0 Å². The number of benzene rings is 3. The number of hydrogen-bond donors (Lipinski definition) is 3. The normalized spacial score (nSPS) is 10.9. The highest BCUT2D eigenvalue weighted by atomic mass is 19.1. The van der Waals surface area contributed by atoms with Crippen molar-refractivity contribution in [3.63, 3.8) is 0 Å². The highest BCUT2D eigenvalue weighted by molar-refractivity contribution is 5.95. The number of nitrogens with zero attached hydrogens (tertiary/aromatic N) is 3. The molecule has 5 N–H and O–H groups in total. The topological polar surface area (TPSA) is 112 Å². The number of aromatic nitrogens is 3. The molecule has 0 aliphatic rings. The van der Waals surface area contributed by atoms with Crippen molar-refractivity contribution in [3.8, 4) is 28.3 Å². The number of nitrogens with one attached hydrogen (secondary N) is 1. The zero-order chi connectivity index (χ0) is 23.7. The summed E-state index contributed by atoms with van der Waals surface area (Å²) in [6, 6.07) is 22.9. The molecule has 0 aliphatic carbocycles. The zero-order valence-corrected chi connectivity index (χ0v) is 18.3. The fourth-order valence-electron chi connectivity index (χ4n) is 3.77. The van der Waals surface area contributed by atoms with Crippen LogP contribution in [0, 0.1) is 5.82 Å². The van der Waals surface area contributed by atoms with Crippen molar-refractivity contribution in [1.82, 2.24) is 15.0 Å². The summed E-state index contributed by atoms with van der Waals surface area (Å²) in [5.41, 5.74) is 17.3. The Morgan fingerprint density at radius 2 is 1.62 bits per heavy atom. The molecular formula is C26H21FN6O. The van der Waals surface area contributed by atoms with Gasteiger partial charge in [-0.2, -0.15) is 4.98 Å². The highest BCUT2D eigenvalue weighted by Gasteiger charge is 2.11. The average molecular weight is 452 g/mol. The summed E-state index contributed by atoms with van der Waals surface area (Å²) in [6.07, 6.45) is 0. The van der Waals surface area contributed by atoms with Crippen molar-refractivity contribution < 1.29 is 9.13 Å². The summed E-state index contributed by atoms with van der Waals surface area (Å²) in [7, 11) is 1.61. The van der Waals surface area contributed by atoms with E-state index in [0.717, 1.165) is 27.7 Å². The Bertz CT molecular complexity index is 1500. The monoisotopic (exact) mass is 452 g/mol. The van der Waals surface area contributed by atoms with Crippen molar-refractivity contribution in [2.75, 3.05) is 23.9 Å². The molecular weight excluding hydrogens is 431 g/mol. The smallest absolute Gasteiger partial charge is 0.222 e. The quantitative estimate of drug-likeness (QED) is 0.327. The van der Waals surface area contributed by atoms with Crippen LogP contribution in [0.2, 0.25) is 0 Å². The van der Waals surface area contributed by atoms with Gasteiger partial charge in [0.2, 0.25) is 5.95 Å². The number of halogens is 1. The number of nitrogens with two attached hydrogens (primary N) is 2. The molecule has 0 unspecified atom stereocenters. The Kier molecular flexibility index (Phi) is 5.39. The standard InChI is InChI=1S/C26H21FN6O/c1-34-24-5-3-2-4-18(24)23-14-25(33-26(29)32-23)30-17-10-11-21-19(12-17)20(28)13-22(31-21)15-6-8-16(27)9-7-15/h2-14H,1H3,(H2,28,31)(H3,29,30,32,33). The Labute approximate surface area is 195 Å². The van der Waals surface area contributed by atoms with Gasteiger partial charge >= 0.3 is 0 Å². The van der Waals surface area contributed by atoms with Crippen molar-refractivity contribution >= 4 is 34.0 Å². The number of fused-ring (bicyclic) bond motifs is 1. The first-order valence-corrected chi connectivity index (χ1v) is 10.5. The van der Waals surface area contributed by atoms with Crippen LogP contribution in [0.15, 0.2) is 78.9 Å². The molecule has 0 fully saturated rings. The average Bonchev–Trinajstić information content (AvgIpc) is 2.84. The molecule has 5 aromatic rings. The lowest BCUT2D eigenvalue weighted by Crippen LogP contribution is -2.02. The maximum absolute atomic E-state index is 13.3. The van der Waals surface area contributed by atoms with E-state index in [9.17, 15) is 4.39 Å². The molecule has 34 heavy (non-hydrogen) atoms. The van der Waals surface area contributed by atoms with Gasteiger partial charge in [-0.3, -0.25) is 0 Å². The minimum Gasteiger partial charge on any atom is -0.496 e. The van der Waals surface area contributed by atoms with Crippen LogP contribution in [0.3, 0.4) is 0 Å². The highest BCUT2D eigenvalue weighted by Crippen LogP contribution is 2.32. The number of methoxy groups -OCH3 is 1. The van der Waals surface area contributed by atoms with Crippen LogP contribution in [0.1, 0.15) is 0 Å². The molecule has 0 radical (unpaired) electrons. The summed E-state index contributed by atoms with van der Waals surface area (Å²) in [5, 5.41) is 4.05. The maximum atomic E-state index is 13.3. The number of hydrogen-bond acceptors (Lipinski definition) is 7. The fraction of sp³-hybridized carbons (Fsp3) is 0.0385. The first-order valence-electron chi connectivity index (χ1n) is 10.5. The minimum atomic E-state index is -0.299. The van der Waals surface area contributed by atoms with Gasteiger partial charge in [-0.1, -0.05) is 12.1 Å². The molecule has 0 saturated carbocycles. The molecule has 0 spiro atoms. The second-order valence-electron chi connectivity index (χ2n) is 7.66. The van der Waals surface area contributed by atoms with Gasteiger partial charge in [0.25, 0.3) is 0 Å². The molecule has 2 heterocycles. The minimum absolute atomic E-state index is 0.136. The van der Waals surface area contributed by atoms with Gasteiger partial charge in [0.05, 0.1) is 24.0 Å². The van der Waals surface area contributed by atoms with Crippen LogP contribution in [-0.4, -0.2) is 22.1 Å². The number of rotatable bonds is 5. The lowest BCUT2D eigenvalue weighted by molar-refractivity contribution is 0.416. The van der Waals surface area contributed by atoms with E-state index in [1.165, 1.54) is 12.1 Å². The van der Waals surface area contributed by atoms with Gasteiger partial charge in [0.15, 0.2) is 0 Å². The third kappa shape index (κ3) is 4.16. The number of ether oxygens (including phenoxy) is 1. The number of nitrogen functional groups attached to an aromatic ring is 2. The van der Waals surface area contributed by atoms with Crippen LogP contribution < -0.4 is 21.5 Å². The molecule has 8 heteroatoms. The summed E-state index contributed by atoms with van der Waals surface area (Å²) in [4.78, 5) is 13.3. The molecule has 0 aliphatic heterocycles.